The predicted octanol–water partition coefficient (Wildman–Crippen LogP) is 0.158. The van der Waals surface area contributed by atoms with E-state index in [0.717, 1.165) is 19.4 Å². The normalized spacial score (nSPS) is 52.9. The maximum absolute atomic E-state index is 9.42. The Morgan fingerprint density at radius 3 is 2.75 bits per heavy atom. The Kier molecular flexibility index (Phi) is 0.746. The number of rotatable bonds is 0. The van der Waals surface area contributed by atoms with E-state index in [2.05, 4.69) is 0 Å². The van der Waals surface area contributed by atoms with Crippen molar-refractivity contribution < 1.29 is 9.84 Å². The monoisotopic (exact) mass is 114 g/mol. The molecule has 1 heterocycles. The third kappa shape index (κ3) is 0.400. The fraction of sp³-hybridized carbons (Fsp3) is 1.00. The van der Waals surface area contributed by atoms with Gasteiger partial charge in [0.2, 0.25) is 0 Å². The molecule has 2 fully saturated rings. The molecule has 0 aromatic rings. The number of ether oxygens (including phenoxy) is 1. The van der Waals surface area contributed by atoms with Gasteiger partial charge in [0.25, 0.3) is 0 Å². The van der Waals surface area contributed by atoms with Gasteiger partial charge >= 0.3 is 0 Å². The van der Waals surface area contributed by atoms with Crippen molar-refractivity contribution in [2.75, 3.05) is 13.2 Å². The lowest BCUT2D eigenvalue weighted by molar-refractivity contribution is -0.0635. The first-order valence-corrected chi connectivity index (χ1v) is 3.11. The van der Waals surface area contributed by atoms with Crippen LogP contribution in [0.1, 0.15) is 12.8 Å². The fourth-order valence-electron chi connectivity index (χ4n) is 1.49. The highest BCUT2D eigenvalue weighted by molar-refractivity contribution is 4.99. The Morgan fingerprint density at radius 1 is 1.62 bits per heavy atom. The Morgan fingerprint density at radius 2 is 2.50 bits per heavy atom. The van der Waals surface area contributed by atoms with Gasteiger partial charge in [-0.3, -0.25) is 0 Å². The van der Waals surface area contributed by atoms with E-state index >= 15 is 0 Å². The summed E-state index contributed by atoms with van der Waals surface area (Å²) in [4.78, 5) is 0. The SMILES string of the molecule is OC12CCC1COC2. The molecule has 46 valence electrons. The van der Waals surface area contributed by atoms with Gasteiger partial charge in [-0.1, -0.05) is 0 Å². The number of fused-ring (bicyclic) bond motifs is 1. The second-order valence-corrected chi connectivity index (χ2v) is 2.85. The Bertz CT molecular complexity index is 113. The molecule has 1 aliphatic heterocycles. The van der Waals surface area contributed by atoms with Crippen molar-refractivity contribution in [3.05, 3.63) is 0 Å². The minimum atomic E-state index is -0.389. The van der Waals surface area contributed by atoms with Crippen LogP contribution in [0.5, 0.6) is 0 Å². The van der Waals surface area contributed by atoms with Crippen molar-refractivity contribution in [1.29, 1.82) is 0 Å². The molecule has 0 spiro atoms. The fourth-order valence-corrected chi connectivity index (χ4v) is 1.49. The van der Waals surface area contributed by atoms with Gasteiger partial charge in [-0.25, -0.2) is 0 Å². The molecular formula is C6H10O2. The van der Waals surface area contributed by atoms with E-state index in [1.54, 1.807) is 0 Å². The van der Waals surface area contributed by atoms with Gasteiger partial charge < -0.3 is 9.84 Å². The summed E-state index contributed by atoms with van der Waals surface area (Å²) in [6.45, 7) is 1.37. The molecule has 2 unspecified atom stereocenters. The van der Waals surface area contributed by atoms with Crippen molar-refractivity contribution in [3.8, 4) is 0 Å². The van der Waals surface area contributed by atoms with Crippen molar-refractivity contribution in [2.24, 2.45) is 5.92 Å². The van der Waals surface area contributed by atoms with E-state index in [1.807, 2.05) is 0 Å². The molecule has 2 rings (SSSR count). The quantitative estimate of drug-likeness (QED) is 0.486. The van der Waals surface area contributed by atoms with Gasteiger partial charge in [-0.05, 0) is 12.8 Å². The van der Waals surface area contributed by atoms with Crippen LogP contribution in [0, 0.1) is 5.92 Å². The summed E-state index contributed by atoms with van der Waals surface area (Å²) < 4.78 is 5.08. The third-order valence-corrected chi connectivity index (χ3v) is 2.36. The molecule has 1 aliphatic carbocycles. The molecule has 0 amide bonds. The molecule has 2 heteroatoms. The molecule has 2 atom stereocenters. The van der Waals surface area contributed by atoms with Gasteiger partial charge in [-0.15, -0.1) is 0 Å². The average Bonchev–Trinajstić information content (AvgIpc) is 1.94. The minimum absolute atomic E-state index is 0.389. The van der Waals surface area contributed by atoms with E-state index in [-0.39, 0.29) is 5.60 Å². The van der Waals surface area contributed by atoms with Gasteiger partial charge in [0, 0.05) is 5.92 Å². The molecule has 0 bridgehead atoms. The second-order valence-electron chi connectivity index (χ2n) is 2.85. The maximum Gasteiger partial charge on any atom is 0.0930 e. The van der Waals surface area contributed by atoms with E-state index in [9.17, 15) is 5.11 Å². The molecule has 8 heavy (non-hydrogen) atoms. The molecule has 2 nitrogen and oxygen atoms in total. The van der Waals surface area contributed by atoms with Crippen LogP contribution >= 0.6 is 0 Å². The first-order chi connectivity index (χ1) is 3.81. The van der Waals surface area contributed by atoms with Crippen LogP contribution in [0.2, 0.25) is 0 Å². The van der Waals surface area contributed by atoms with Gasteiger partial charge in [0.05, 0.1) is 18.8 Å². The zero-order valence-corrected chi connectivity index (χ0v) is 4.76. The van der Waals surface area contributed by atoms with Gasteiger partial charge in [0.15, 0.2) is 0 Å². The number of aliphatic hydroxyl groups is 1. The molecule has 0 aromatic heterocycles. The lowest BCUT2D eigenvalue weighted by Crippen LogP contribution is -2.45. The van der Waals surface area contributed by atoms with E-state index in [4.69, 9.17) is 4.74 Å². The second kappa shape index (κ2) is 1.25. The lowest BCUT2D eigenvalue weighted by Gasteiger charge is -2.37. The number of hydrogen-bond donors (Lipinski definition) is 1. The molecule has 2 aliphatic rings. The summed E-state index contributed by atoms with van der Waals surface area (Å²) in [5, 5.41) is 9.42. The highest BCUT2D eigenvalue weighted by Gasteiger charge is 2.49. The van der Waals surface area contributed by atoms with E-state index < -0.39 is 0 Å². The van der Waals surface area contributed by atoms with Crippen molar-refractivity contribution in [1.82, 2.24) is 0 Å². The maximum atomic E-state index is 9.42. The molecule has 1 N–H and O–H groups in total. The van der Waals surface area contributed by atoms with Crippen molar-refractivity contribution in [3.63, 3.8) is 0 Å². The van der Waals surface area contributed by atoms with Crippen LogP contribution in [-0.2, 0) is 4.74 Å². The summed E-state index contributed by atoms with van der Waals surface area (Å²) in [7, 11) is 0. The zero-order chi connectivity index (χ0) is 5.61. The van der Waals surface area contributed by atoms with Crippen molar-refractivity contribution >= 4 is 0 Å². The topological polar surface area (TPSA) is 29.5 Å². The summed E-state index contributed by atoms with van der Waals surface area (Å²) in [5.41, 5.74) is -0.389. The minimum Gasteiger partial charge on any atom is -0.387 e. The lowest BCUT2D eigenvalue weighted by atomic mass is 9.72. The smallest absolute Gasteiger partial charge is 0.0930 e. The summed E-state index contributed by atoms with van der Waals surface area (Å²) >= 11 is 0. The van der Waals surface area contributed by atoms with Crippen LogP contribution in [0.15, 0.2) is 0 Å². The summed E-state index contributed by atoms with van der Waals surface area (Å²) in [5.74, 6) is 0.475. The van der Waals surface area contributed by atoms with Crippen LogP contribution in [-0.4, -0.2) is 23.9 Å². The molecule has 1 saturated carbocycles. The van der Waals surface area contributed by atoms with Gasteiger partial charge in [0.1, 0.15) is 0 Å². The van der Waals surface area contributed by atoms with E-state index in [1.165, 1.54) is 0 Å². The molecular weight excluding hydrogens is 104 g/mol. The highest BCUT2D eigenvalue weighted by Crippen LogP contribution is 2.42. The van der Waals surface area contributed by atoms with Crippen LogP contribution < -0.4 is 0 Å². The Labute approximate surface area is 48.5 Å². The summed E-state index contributed by atoms with van der Waals surface area (Å²) in [6, 6.07) is 0. The Hall–Kier alpha value is -0.0800. The average molecular weight is 114 g/mol. The first-order valence-electron chi connectivity index (χ1n) is 3.11. The largest absolute Gasteiger partial charge is 0.387 e. The van der Waals surface area contributed by atoms with E-state index in [0.29, 0.717) is 12.5 Å². The standard InChI is InChI=1S/C6H10O2/c7-6-2-1-5(6)3-8-4-6/h5,7H,1-4H2. The van der Waals surface area contributed by atoms with Crippen LogP contribution in [0.3, 0.4) is 0 Å². The first kappa shape index (κ1) is 4.77. The third-order valence-electron chi connectivity index (χ3n) is 2.36. The molecule has 0 radical (unpaired) electrons. The Balaban J connectivity index is 2.14. The van der Waals surface area contributed by atoms with Crippen LogP contribution in [0.25, 0.3) is 0 Å². The van der Waals surface area contributed by atoms with Gasteiger partial charge in [-0.2, -0.15) is 0 Å². The summed E-state index contributed by atoms with van der Waals surface area (Å²) in [6.07, 6.45) is 2.12. The molecule has 0 aromatic carbocycles. The number of hydrogen-bond acceptors (Lipinski definition) is 2. The highest BCUT2D eigenvalue weighted by atomic mass is 16.5. The predicted molar refractivity (Wildman–Crippen MR) is 28.5 cm³/mol. The zero-order valence-electron chi connectivity index (χ0n) is 4.76. The van der Waals surface area contributed by atoms with Crippen LogP contribution in [0.4, 0.5) is 0 Å². The van der Waals surface area contributed by atoms with Crippen molar-refractivity contribution in [2.45, 2.75) is 18.4 Å². The molecule has 1 saturated heterocycles.